The number of hydrogen-bond donors (Lipinski definition) is 4. The summed E-state index contributed by atoms with van der Waals surface area (Å²) in [6, 6.07) is 9.70. The summed E-state index contributed by atoms with van der Waals surface area (Å²) in [7, 11) is 0. The monoisotopic (exact) mass is 234 g/mol. The van der Waals surface area contributed by atoms with Gasteiger partial charge in [0.15, 0.2) is 0 Å². The molecule has 0 spiro atoms. The average Bonchev–Trinajstić information content (AvgIpc) is 2.30. The van der Waals surface area contributed by atoms with E-state index in [2.05, 4.69) is 10.6 Å². The van der Waals surface area contributed by atoms with E-state index in [1.165, 1.54) is 0 Å². The molecule has 0 aliphatic rings. The predicted octanol–water partition coefficient (Wildman–Crippen LogP) is -0.00120. The molecule has 5 nitrogen and oxygen atoms in total. The van der Waals surface area contributed by atoms with E-state index < -0.39 is 0 Å². The summed E-state index contributed by atoms with van der Waals surface area (Å²) in [5.74, 6) is -0.296. The van der Waals surface area contributed by atoms with Gasteiger partial charge in [-0.15, -0.1) is 0 Å². The standard InChI is InChI=1S/C12H18N4O/c1-2-15-12(17)10(11(13)14)16-8-9-6-4-3-5-7-9/h3-7,16H,2,8,13-14H2,1H3,(H,15,17). The summed E-state index contributed by atoms with van der Waals surface area (Å²) in [6.07, 6.45) is 0. The fourth-order valence-corrected chi connectivity index (χ4v) is 1.35. The molecule has 1 rings (SSSR count). The largest absolute Gasteiger partial charge is 0.384 e. The van der Waals surface area contributed by atoms with Crippen LogP contribution in [0, 0.1) is 0 Å². The van der Waals surface area contributed by atoms with Crippen molar-refractivity contribution in [1.82, 2.24) is 10.6 Å². The smallest absolute Gasteiger partial charge is 0.271 e. The first kappa shape index (κ1) is 12.9. The summed E-state index contributed by atoms with van der Waals surface area (Å²) in [5, 5.41) is 5.58. The third-order valence-electron chi connectivity index (χ3n) is 2.17. The highest BCUT2D eigenvalue weighted by Crippen LogP contribution is 2.00. The number of rotatable bonds is 5. The van der Waals surface area contributed by atoms with Crippen molar-refractivity contribution in [3.8, 4) is 0 Å². The lowest BCUT2D eigenvalue weighted by Crippen LogP contribution is -2.35. The lowest BCUT2D eigenvalue weighted by Gasteiger charge is -2.11. The van der Waals surface area contributed by atoms with Crippen molar-refractivity contribution in [2.75, 3.05) is 6.54 Å². The maximum atomic E-state index is 11.6. The van der Waals surface area contributed by atoms with E-state index in [1.807, 2.05) is 37.3 Å². The number of benzene rings is 1. The van der Waals surface area contributed by atoms with Crippen molar-refractivity contribution >= 4 is 5.91 Å². The van der Waals surface area contributed by atoms with E-state index in [4.69, 9.17) is 11.5 Å². The Bertz CT molecular complexity index is 396. The molecule has 1 aromatic rings. The van der Waals surface area contributed by atoms with Crippen LogP contribution in [0.3, 0.4) is 0 Å². The molecule has 0 saturated heterocycles. The van der Waals surface area contributed by atoms with Crippen molar-refractivity contribution in [2.45, 2.75) is 13.5 Å². The van der Waals surface area contributed by atoms with Gasteiger partial charge in [-0.3, -0.25) is 4.79 Å². The van der Waals surface area contributed by atoms with Gasteiger partial charge in [0.25, 0.3) is 5.91 Å². The van der Waals surface area contributed by atoms with Crippen molar-refractivity contribution in [3.05, 3.63) is 47.4 Å². The van der Waals surface area contributed by atoms with Crippen LogP contribution in [0.5, 0.6) is 0 Å². The highest BCUT2D eigenvalue weighted by atomic mass is 16.2. The van der Waals surface area contributed by atoms with Crippen LogP contribution in [0.2, 0.25) is 0 Å². The molecule has 0 aliphatic carbocycles. The van der Waals surface area contributed by atoms with Gasteiger partial charge in [-0.1, -0.05) is 30.3 Å². The molecule has 5 heteroatoms. The van der Waals surface area contributed by atoms with E-state index in [0.717, 1.165) is 5.56 Å². The topological polar surface area (TPSA) is 93.2 Å². The van der Waals surface area contributed by atoms with Gasteiger partial charge in [-0.2, -0.15) is 0 Å². The molecule has 0 aliphatic heterocycles. The summed E-state index contributed by atoms with van der Waals surface area (Å²) >= 11 is 0. The van der Waals surface area contributed by atoms with Crippen LogP contribution < -0.4 is 22.1 Å². The number of carbonyl (C=O) groups excluding carboxylic acids is 1. The molecule has 1 aromatic carbocycles. The van der Waals surface area contributed by atoms with Crippen LogP contribution in [0.4, 0.5) is 0 Å². The Hall–Kier alpha value is -2.17. The van der Waals surface area contributed by atoms with E-state index in [-0.39, 0.29) is 17.4 Å². The maximum absolute atomic E-state index is 11.6. The molecule has 1 amide bonds. The zero-order valence-corrected chi connectivity index (χ0v) is 9.86. The zero-order chi connectivity index (χ0) is 12.7. The van der Waals surface area contributed by atoms with Crippen molar-refractivity contribution in [3.63, 3.8) is 0 Å². The number of hydrogen-bond acceptors (Lipinski definition) is 4. The summed E-state index contributed by atoms with van der Waals surface area (Å²) in [4.78, 5) is 11.6. The van der Waals surface area contributed by atoms with Crippen molar-refractivity contribution in [1.29, 1.82) is 0 Å². The summed E-state index contributed by atoms with van der Waals surface area (Å²) in [6.45, 7) is 2.87. The molecule has 0 heterocycles. The fraction of sp³-hybridized carbons (Fsp3) is 0.250. The molecule has 92 valence electrons. The third-order valence-corrected chi connectivity index (χ3v) is 2.17. The lowest BCUT2D eigenvalue weighted by atomic mass is 10.2. The maximum Gasteiger partial charge on any atom is 0.271 e. The molecule has 0 saturated carbocycles. The minimum Gasteiger partial charge on any atom is -0.384 e. The molecule has 0 aromatic heterocycles. The Kier molecular flexibility index (Phi) is 4.87. The number of amides is 1. The quantitative estimate of drug-likeness (QED) is 0.539. The van der Waals surface area contributed by atoms with Crippen LogP contribution in [0.15, 0.2) is 41.8 Å². The van der Waals surface area contributed by atoms with Crippen LogP contribution in [0.25, 0.3) is 0 Å². The second-order valence-electron chi connectivity index (χ2n) is 3.53. The second-order valence-corrected chi connectivity index (χ2v) is 3.53. The molecule has 0 bridgehead atoms. The van der Waals surface area contributed by atoms with Gasteiger partial charge < -0.3 is 22.1 Å². The highest BCUT2D eigenvalue weighted by Gasteiger charge is 2.10. The Balaban J connectivity index is 2.64. The molecule has 0 fully saturated rings. The van der Waals surface area contributed by atoms with E-state index in [9.17, 15) is 4.79 Å². The molecule has 0 atom stereocenters. The highest BCUT2D eigenvalue weighted by molar-refractivity contribution is 5.93. The van der Waals surface area contributed by atoms with Gasteiger partial charge in [0.1, 0.15) is 11.5 Å². The normalized spacial score (nSPS) is 9.47. The predicted molar refractivity (Wildman–Crippen MR) is 67.4 cm³/mol. The van der Waals surface area contributed by atoms with Gasteiger partial charge in [0.2, 0.25) is 0 Å². The van der Waals surface area contributed by atoms with E-state index >= 15 is 0 Å². The van der Waals surface area contributed by atoms with Gasteiger partial charge in [0.05, 0.1) is 0 Å². The fourth-order valence-electron chi connectivity index (χ4n) is 1.35. The molecule has 6 N–H and O–H groups in total. The van der Waals surface area contributed by atoms with Crippen LogP contribution >= 0.6 is 0 Å². The molecular weight excluding hydrogens is 216 g/mol. The first-order valence-corrected chi connectivity index (χ1v) is 5.46. The molecule has 0 unspecified atom stereocenters. The van der Waals surface area contributed by atoms with Crippen LogP contribution in [0.1, 0.15) is 12.5 Å². The van der Waals surface area contributed by atoms with Crippen molar-refractivity contribution < 1.29 is 4.79 Å². The van der Waals surface area contributed by atoms with E-state index in [0.29, 0.717) is 13.1 Å². The van der Waals surface area contributed by atoms with E-state index in [1.54, 1.807) is 0 Å². The number of likely N-dealkylation sites (N-methyl/N-ethyl adjacent to an activating group) is 1. The number of nitrogens with two attached hydrogens (primary N) is 2. The Labute approximate surface area is 101 Å². The first-order chi connectivity index (χ1) is 8.15. The van der Waals surface area contributed by atoms with Crippen LogP contribution in [-0.4, -0.2) is 12.5 Å². The molecule has 17 heavy (non-hydrogen) atoms. The van der Waals surface area contributed by atoms with Gasteiger partial charge in [-0.05, 0) is 12.5 Å². The van der Waals surface area contributed by atoms with Gasteiger partial charge >= 0.3 is 0 Å². The lowest BCUT2D eigenvalue weighted by molar-refractivity contribution is -0.117. The Morgan fingerprint density at radius 2 is 1.82 bits per heavy atom. The Morgan fingerprint density at radius 1 is 1.18 bits per heavy atom. The zero-order valence-electron chi connectivity index (χ0n) is 9.86. The summed E-state index contributed by atoms with van der Waals surface area (Å²) < 4.78 is 0. The number of carbonyl (C=O) groups is 1. The summed E-state index contributed by atoms with van der Waals surface area (Å²) in [5.41, 5.74) is 12.2. The third kappa shape index (κ3) is 4.06. The van der Waals surface area contributed by atoms with Crippen molar-refractivity contribution in [2.24, 2.45) is 11.5 Å². The van der Waals surface area contributed by atoms with Gasteiger partial charge in [0, 0.05) is 13.1 Å². The van der Waals surface area contributed by atoms with Gasteiger partial charge in [-0.25, -0.2) is 0 Å². The van der Waals surface area contributed by atoms with Crippen LogP contribution in [-0.2, 0) is 11.3 Å². The molecule has 0 radical (unpaired) electrons. The average molecular weight is 234 g/mol. The first-order valence-electron chi connectivity index (χ1n) is 5.46. The minimum atomic E-state index is -0.288. The Morgan fingerprint density at radius 3 is 2.35 bits per heavy atom. The second kappa shape index (κ2) is 6.42. The minimum absolute atomic E-state index is 0.00752. The molecular formula is C12H18N4O. The number of nitrogens with one attached hydrogen (secondary N) is 2. The SMILES string of the molecule is CCNC(=O)C(NCc1ccccc1)=C(N)N.